The van der Waals surface area contributed by atoms with E-state index in [1.807, 2.05) is 39.1 Å². The number of ether oxygens (including phenoxy) is 1. The minimum Gasteiger partial charge on any atom is -0.444 e. The molecule has 1 aliphatic rings. The molecule has 124 valence electrons. The molecule has 2 rings (SSSR count). The fourth-order valence-electron chi connectivity index (χ4n) is 2.60. The lowest BCUT2D eigenvalue weighted by molar-refractivity contribution is 0.0205. The van der Waals surface area contributed by atoms with Crippen molar-refractivity contribution in [1.29, 1.82) is 0 Å². The zero-order chi connectivity index (χ0) is 16.9. The summed E-state index contributed by atoms with van der Waals surface area (Å²) in [6.45, 7) is 7.29. The first-order chi connectivity index (χ1) is 10.9. The van der Waals surface area contributed by atoms with Gasteiger partial charge >= 0.3 is 6.09 Å². The molecule has 1 amide bonds. The fourth-order valence-corrected chi connectivity index (χ4v) is 2.60. The van der Waals surface area contributed by atoms with Crippen LogP contribution >= 0.6 is 0 Å². The van der Waals surface area contributed by atoms with Gasteiger partial charge in [-0.25, -0.2) is 4.79 Å². The van der Waals surface area contributed by atoms with Crippen LogP contribution < -0.4 is 0 Å². The first-order valence-corrected chi connectivity index (χ1v) is 7.82. The van der Waals surface area contributed by atoms with Gasteiger partial charge in [-0.2, -0.15) is 0 Å². The van der Waals surface area contributed by atoms with Gasteiger partial charge in [-0.05, 0) is 56.7 Å². The summed E-state index contributed by atoms with van der Waals surface area (Å²) in [4.78, 5) is 20.9. The molecule has 0 aromatic carbocycles. The second-order valence-electron chi connectivity index (χ2n) is 6.71. The first kappa shape index (κ1) is 17.1. The number of aromatic nitrogens is 1. The van der Waals surface area contributed by atoms with Crippen LogP contribution in [0.25, 0.3) is 10.4 Å². The normalized spacial score (nSPS) is 15.9. The predicted molar refractivity (Wildman–Crippen MR) is 86.9 cm³/mol. The molecule has 0 aliphatic carbocycles. The molecule has 0 radical (unpaired) electrons. The van der Waals surface area contributed by atoms with Gasteiger partial charge in [0.2, 0.25) is 0 Å². The van der Waals surface area contributed by atoms with Crippen LogP contribution in [-0.4, -0.2) is 34.7 Å². The van der Waals surface area contributed by atoms with Crippen molar-refractivity contribution in [3.63, 3.8) is 0 Å². The molecule has 0 spiro atoms. The Morgan fingerprint density at radius 2 is 2.13 bits per heavy atom. The van der Waals surface area contributed by atoms with E-state index in [1.54, 1.807) is 4.90 Å². The molecule has 0 saturated carbocycles. The maximum Gasteiger partial charge on any atom is 0.410 e. The summed E-state index contributed by atoms with van der Waals surface area (Å²) in [5, 5.41) is 3.50. The zero-order valence-corrected chi connectivity index (χ0v) is 13.9. The number of azide groups is 1. The molecular weight excluding hydrogens is 294 g/mol. The lowest BCUT2D eigenvalue weighted by atomic mass is 9.90. The molecule has 7 heteroatoms. The van der Waals surface area contributed by atoms with Crippen molar-refractivity contribution >= 4 is 6.09 Å². The van der Waals surface area contributed by atoms with Crippen LogP contribution in [0.3, 0.4) is 0 Å². The highest BCUT2D eigenvalue weighted by Gasteiger charge is 2.27. The summed E-state index contributed by atoms with van der Waals surface area (Å²) in [6, 6.07) is 3.92. The highest BCUT2D eigenvalue weighted by atomic mass is 16.6. The number of amides is 1. The average Bonchev–Trinajstić information content (AvgIpc) is 2.52. The third-order valence-corrected chi connectivity index (χ3v) is 3.76. The minimum atomic E-state index is -0.459. The molecular formula is C16H23N5O2. The minimum absolute atomic E-state index is 0.237. The van der Waals surface area contributed by atoms with Crippen molar-refractivity contribution < 1.29 is 9.53 Å². The average molecular weight is 317 g/mol. The van der Waals surface area contributed by atoms with Crippen LogP contribution in [0.4, 0.5) is 4.79 Å². The van der Waals surface area contributed by atoms with Crippen LogP contribution in [0, 0.1) is 0 Å². The van der Waals surface area contributed by atoms with Gasteiger partial charge in [-0.1, -0.05) is 11.2 Å². The predicted octanol–water partition coefficient (Wildman–Crippen LogP) is 4.01. The van der Waals surface area contributed by atoms with Crippen molar-refractivity contribution in [3.8, 4) is 0 Å². The van der Waals surface area contributed by atoms with E-state index in [0.717, 1.165) is 18.5 Å². The Balaban J connectivity index is 1.89. The smallest absolute Gasteiger partial charge is 0.410 e. The summed E-state index contributed by atoms with van der Waals surface area (Å²) in [7, 11) is 0. The number of nitrogens with zero attached hydrogens (tertiary/aromatic N) is 5. The van der Waals surface area contributed by atoms with Gasteiger partial charge in [-0.3, -0.25) is 4.98 Å². The van der Waals surface area contributed by atoms with Gasteiger partial charge in [0.05, 0.1) is 6.54 Å². The van der Waals surface area contributed by atoms with E-state index in [2.05, 4.69) is 15.0 Å². The highest BCUT2D eigenvalue weighted by molar-refractivity contribution is 5.68. The topological polar surface area (TPSA) is 91.2 Å². The summed E-state index contributed by atoms with van der Waals surface area (Å²) in [5.74, 6) is 0.398. The summed E-state index contributed by atoms with van der Waals surface area (Å²) in [6.07, 6.45) is 3.40. The van der Waals surface area contributed by atoms with Gasteiger partial charge in [0.15, 0.2) is 0 Å². The molecule has 7 nitrogen and oxygen atoms in total. The van der Waals surface area contributed by atoms with Gasteiger partial charge < -0.3 is 9.64 Å². The molecule has 1 aromatic heterocycles. The highest BCUT2D eigenvalue weighted by Crippen LogP contribution is 2.28. The molecule has 2 heterocycles. The Morgan fingerprint density at radius 1 is 1.43 bits per heavy atom. The molecule has 1 aromatic rings. The van der Waals surface area contributed by atoms with E-state index >= 15 is 0 Å². The van der Waals surface area contributed by atoms with Crippen molar-refractivity contribution in [2.45, 2.75) is 51.7 Å². The standard InChI is InChI=1S/C16H23N5O2/c1-16(2,3)23-15(22)21-8-6-12(7-9-21)13-4-5-14(18-10-13)11-19-20-17/h4-5,10,12H,6-9,11H2,1-3H3. The first-order valence-electron chi connectivity index (χ1n) is 7.82. The van der Waals surface area contributed by atoms with Crippen molar-refractivity contribution in [3.05, 3.63) is 40.0 Å². The Kier molecular flexibility index (Phi) is 5.45. The molecule has 0 N–H and O–H groups in total. The van der Waals surface area contributed by atoms with Crippen LogP contribution in [0.15, 0.2) is 23.4 Å². The largest absolute Gasteiger partial charge is 0.444 e. The van der Waals surface area contributed by atoms with Crippen molar-refractivity contribution in [2.75, 3.05) is 13.1 Å². The van der Waals surface area contributed by atoms with E-state index < -0.39 is 5.60 Å². The maximum absolute atomic E-state index is 12.1. The Bertz CT molecular complexity index is 579. The second-order valence-corrected chi connectivity index (χ2v) is 6.71. The lowest BCUT2D eigenvalue weighted by Crippen LogP contribution is -2.41. The van der Waals surface area contributed by atoms with Crippen LogP contribution in [0.1, 0.15) is 50.8 Å². The maximum atomic E-state index is 12.1. The lowest BCUT2D eigenvalue weighted by Gasteiger charge is -2.33. The third kappa shape index (κ3) is 5.14. The van der Waals surface area contributed by atoms with Crippen molar-refractivity contribution in [2.24, 2.45) is 5.11 Å². The third-order valence-electron chi connectivity index (χ3n) is 3.76. The molecule has 1 aliphatic heterocycles. The fraction of sp³-hybridized carbons (Fsp3) is 0.625. The van der Waals surface area contributed by atoms with Crippen LogP contribution in [-0.2, 0) is 11.3 Å². The van der Waals surface area contributed by atoms with Gasteiger partial charge in [0.25, 0.3) is 0 Å². The molecule has 0 atom stereocenters. The van der Waals surface area contributed by atoms with E-state index in [4.69, 9.17) is 10.3 Å². The van der Waals surface area contributed by atoms with E-state index in [1.165, 1.54) is 5.56 Å². The number of rotatable bonds is 3. The molecule has 0 bridgehead atoms. The number of hydrogen-bond donors (Lipinski definition) is 0. The van der Waals surface area contributed by atoms with Gasteiger partial charge in [-0.15, -0.1) is 0 Å². The number of likely N-dealkylation sites (tertiary alicyclic amines) is 1. The molecule has 0 unspecified atom stereocenters. The van der Waals surface area contributed by atoms with Crippen molar-refractivity contribution in [1.82, 2.24) is 9.88 Å². The van der Waals surface area contributed by atoms with Gasteiger partial charge in [0.1, 0.15) is 5.60 Å². The number of piperidine rings is 1. The Hall–Kier alpha value is -2.27. The number of carbonyl (C=O) groups excluding carboxylic acids is 1. The van der Waals surface area contributed by atoms with Crippen LogP contribution in [0.5, 0.6) is 0 Å². The van der Waals surface area contributed by atoms with E-state index in [0.29, 0.717) is 19.0 Å². The Labute approximate surface area is 136 Å². The quantitative estimate of drug-likeness (QED) is 0.479. The van der Waals surface area contributed by atoms with Gasteiger partial charge in [0, 0.05) is 29.9 Å². The van der Waals surface area contributed by atoms with Crippen LogP contribution in [0.2, 0.25) is 0 Å². The SMILES string of the molecule is CC(C)(C)OC(=O)N1CCC(c2ccc(CN=[N+]=[N-])nc2)CC1. The summed E-state index contributed by atoms with van der Waals surface area (Å²) < 4.78 is 5.41. The number of hydrogen-bond acceptors (Lipinski definition) is 4. The summed E-state index contributed by atoms with van der Waals surface area (Å²) >= 11 is 0. The molecule has 1 fully saturated rings. The second kappa shape index (κ2) is 7.33. The zero-order valence-electron chi connectivity index (χ0n) is 13.9. The van der Waals surface area contributed by atoms with E-state index in [-0.39, 0.29) is 12.6 Å². The summed E-state index contributed by atoms with van der Waals surface area (Å²) in [5.41, 5.74) is 9.78. The van der Waals surface area contributed by atoms with E-state index in [9.17, 15) is 4.79 Å². The molecule has 1 saturated heterocycles. The Morgan fingerprint density at radius 3 is 2.65 bits per heavy atom. The molecule has 23 heavy (non-hydrogen) atoms. The number of pyridine rings is 1. The monoisotopic (exact) mass is 317 g/mol. The number of carbonyl (C=O) groups is 1.